The third-order valence-corrected chi connectivity index (χ3v) is 19.5. The number of ether oxygens (including phenoxy) is 7. The zero-order chi connectivity index (χ0) is 87.2. The molecule has 0 aromatic carbocycles. The van der Waals surface area contributed by atoms with Crippen LogP contribution in [-0.2, 0) is 88.4 Å². The highest BCUT2D eigenvalue weighted by Gasteiger charge is 2.56. The van der Waals surface area contributed by atoms with Crippen LogP contribution in [0.3, 0.4) is 0 Å². The third-order valence-electron chi connectivity index (χ3n) is 16.5. The van der Waals surface area contributed by atoms with Crippen molar-refractivity contribution in [3.63, 3.8) is 0 Å². The number of anilines is 4. The van der Waals surface area contributed by atoms with Gasteiger partial charge in [-0.2, -0.15) is 37.4 Å². The number of fused-ring (bicyclic) bond motifs is 2. The molecule has 4 fully saturated rings. The topological polar surface area (TPSA) is 838 Å². The number of alkyl carbamates (subject to hydrolysis) is 1. The number of hydrogen-bond acceptors (Lipinski definition) is 41. The lowest BCUT2D eigenvalue weighted by Crippen LogP contribution is -2.47. The molecular weight excluding hydrogens is 1690 g/mol. The molecule has 0 saturated carbocycles. The smallest absolute Gasteiger partial charge is 0.475 e. The number of imidazole rings is 2. The number of halogens is 3. The van der Waals surface area contributed by atoms with E-state index in [1.54, 1.807) is 20.8 Å². The van der Waals surface area contributed by atoms with Crippen molar-refractivity contribution in [2.75, 3.05) is 62.5 Å². The first-order chi connectivity index (χ1) is 55.1. The van der Waals surface area contributed by atoms with Crippen molar-refractivity contribution in [3.05, 3.63) is 91.7 Å². The molecule has 4 saturated heterocycles. The number of alkyl halides is 3. The predicted octanol–water partition coefficient (Wildman–Crippen LogP) is -0.770. The number of nitrogens with one attached hydrogen (secondary N) is 1. The number of esters is 2. The lowest BCUT2D eigenvalue weighted by molar-refractivity contribution is -0.192. The van der Waals surface area contributed by atoms with Crippen molar-refractivity contribution < 1.29 is 156 Å². The van der Waals surface area contributed by atoms with Gasteiger partial charge in [-0.1, -0.05) is 10.2 Å². The number of aliphatic hydroxyl groups is 2. The molecule has 6 aromatic heterocycles. The molecule has 1 amide bonds. The average Bonchev–Trinajstić information content (AvgIpc) is 1.62. The van der Waals surface area contributed by atoms with Gasteiger partial charge in [0.2, 0.25) is 0 Å². The van der Waals surface area contributed by atoms with Crippen molar-refractivity contribution in [2.24, 2.45) is 16.0 Å². The number of carbonyl (C=O) groups is 4. The zero-order valence-electron chi connectivity index (χ0n) is 61.2. The maximum atomic E-state index is 13.7. The van der Waals surface area contributed by atoms with E-state index >= 15 is 0 Å². The molecule has 0 spiro atoms. The maximum Gasteiger partial charge on any atom is 0.570 e. The number of carbonyl (C=O) groups excluding carboxylic acids is 3. The molecule has 0 aliphatic carbocycles. The van der Waals surface area contributed by atoms with Crippen LogP contribution in [0.5, 0.6) is 0 Å². The Morgan fingerprint density at radius 1 is 0.661 bits per heavy atom. The summed E-state index contributed by atoms with van der Waals surface area (Å²) in [5.74, 6) is -5.04. The highest BCUT2D eigenvalue weighted by atomic mass is 31.2. The van der Waals surface area contributed by atoms with Gasteiger partial charge in [0, 0.05) is 48.1 Å². The first-order valence-corrected chi connectivity index (χ1v) is 40.0. The number of nitrogens with two attached hydrogens (primary N) is 5. The molecule has 650 valence electrons. The molecule has 56 nitrogen and oxygen atoms in total. The van der Waals surface area contributed by atoms with E-state index in [4.69, 9.17) is 101 Å². The molecule has 4 aliphatic heterocycles. The van der Waals surface area contributed by atoms with Gasteiger partial charge in [0.25, 0.3) is 0 Å². The van der Waals surface area contributed by atoms with Crippen molar-refractivity contribution in [1.82, 2.24) is 63.5 Å². The molecule has 10 rings (SSSR count). The number of phosphoric ester groups is 3. The van der Waals surface area contributed by atoms with Gasteiger partial charge < -0.3 is 107 Å². The van der Waals surface area contributed by atoms with E-state index in [-0.39, 0.29) is 97.2 Å². The van der Waals surface area contributed by atoms with Crippen LogP contribution in [0, 0.1) is 0 Å². The number of aromatic nitrogens is 12. The second kappa shape index (κ2) is 40.0. The number of nitrogens with zero attached hydrogens (tertiary/aromatic N) is 18. The summed E-state index contributed by atoms with van der Waals surface area (Å²) in [5.41, 5.74) is 43.8. The zero-order valence-corrected chi connectivity index (χ0v) is 64.7. The summed E-state index contributed by atoms with van der Waals surface area (Å²) in [6, 6.07) is -0.0806. The number of aliphatic carboxylic acids is 1. The molecule has 118 heavy (non-hydrogen) atoms. The predicted molar refractivity (Wildman–Crippen MR) is 382 cm³/mol. The Bertz CT molecular complexity index is 4900. The number of phosphoric acid groups is 3. The van der Waals surface area contributed by atoms with Crippen LogP contribution >= 0.6 is 31.6 Å². The molecule has 0 bridgehead atoms. The third kappa shape index (κ3) is 26.5. The van der Waals surface area contributed by atoms with Crippen LogP contribution in [0.2, 0.25) is 0 Å². The van der Waals surface area contributed by atoms with Crippen LogP contribution in [0.4, 0.5) is 41.2 Å². The normalized spacial score (nSPS) is 24.4. The Hall–Kier alpha value is -9.53. The number of carboxylic acids is 1. The number of amides is 1. The number of carboxylic acid groups (broad SMARTS) is 1. The van der Waals surface area contributed by atoms with Crippen molar-refractivity contribution in [1.29, 1.82) is 0 Å². The minimum atomic E-state index is -5.16. The number of rotatable bonds is 33. The summed E-state index contributed by atoms with van der Waals surface area (Å²) in [5, 5.41) is 39.2. The van der Waals surface area contributed by atoms with Gasteiger partial charge in [-0.25, -0.2) is 67.6 Å². The Kier molecular flexibility index (Phi) is 31.9. The van der Waals surface area contributed by atoms with Crippen LogP contribution in [0.25, 0.3) is 43.2 Å². The fourth-order valence-corrected chi connectivity index (χ4v) is 13.9. The lowest BCUT2D eigenvalue weighted by Gasteiger charge is -2.26. The lowest BCUT2D eigenvalue weighted by atomic mass is 10.1. The molecule has 63 heteroatoms. The SMILES string of the molecule is CC(C)(C)OC(=O)N[C@@H](CCCN=[N+]=[N-])C(=O)O[C@H]1[C@@H](O)[C@H](n2cnc3c(N)ncnc32)O[C@@H]1CO[P+](O)(O)O[C@H]1C[C@H](n2ccc(N)nc2=O)O[C@@H]1COP(=O)(O)O.O=C(O)C(F)(F)F.[N-]=[N+]=NCCC[C@H](N)C(=O)O[C@H]1[C@@H](O)[C@H](n2cnc3c(N)ncnc32)O[C@@H]1COP(=O)(O)O[C@H]1C[C@H](n2ccc(N)nc2=O)O[C@@H]1COP(=O)(O)O. The Balaban J connectivity index is 0.000000274. The minimum absolute atomic E-state index is 0.00616. The summed E-state index contributed by atoms with van der Waals surface area (Å²) >= 11 is 0. The van der Waals surface area contributed by atoms with Gasteiger partial charge >= 0.3 is 73.2 Å². The average molecular weight is 1770 g/mol. The Morgan fingerprint density at radius 2 is 1.10 bits per heavy atom. The molecule has 1 unspecified atom stereocenters. The van der Waals surface area contributed by atoms with E-state index in [0.29, 0.717) is 0 Å². The van der Waals surface area contributed by atoms with Gasteiger partial charge in [0.15, 0.2) is 47.6 Å². The molecule has 0 radical (unpaired) electrons. The van der Waals surface area contributed by atoms with Gasteiger partial charge in [-0.15, -0.1) is 4.52 Å². The molecule has 21 N–H and O–H groups in total. The van der Waals surface area contributed by atoms with E-state index < -0.39 is 203 Å². The second-order valence-corrected chi connectivity index (χ2v) is 31.4. The molecule has 4 aliphatic rings. The van der Waals surface area contributed by atoms with E-state index in [9.17, 15) is 95.3 Å². The van der Waals surface area contributed by atoms with E-state index in [1.807, 2.05) is 0 Å². The standard InChI is InChI=1S/C29H42N12O16P2.C24H34N12O14P2.C2HF3O2/c1-29(2,3)56-28(45)37-14(5-4-7-36-39-32)26(43)55-22-17(54-25(21(22)42)41-13-35-20-23(31)33-12-34-24(20)41)11-52-59(49,50)57-15-9-19(40-8-6-18(30)38-27(40)44)53-16(15)10-51-58(46,47)48;25-11(2-1-4-32-34-28)23(38)49-19-14(48-22(18(19)37)36-10-31-17-20(27)29-9-30-21(17)36)8-46-52(43,44)50-12-6-16(35-5-3-15(26)33-24(35)39)47-13(12)7-45-51(40,41)42;3-2(4,5)1(6)7/h6,8,12-17,19,21-22,25,42,49-50H,4-5,7,9-11H2,1-3H3,(H6-,30,31,33,34,37,38,44,45,46,47,48);3,5,9-14,16,18-19,22,37H,1-2,4,6-8,25H2,(H,43,44)(H2,26,33,39)(H2,27,29,30)(H2,40,41,42);(H,6,7)/p+1/t14-,15-,16+,17+,19+,21+,22+,25+;11-,12-,13+,14+,16+,18+,19+,22+;/m00./s1. The molecule has 10 heterocycles. The van der Waals surface area contributed by atoms with Crippen LogP contribution in [0.15, 0.2) is 69.7 Å². The Morgan fingerprint density at radius 3 is 1.55 bits per heavy atom. The van der Waals surface area contributed by atoms with Crippen LogP contribution in [0.1, 0.15) is 84.2 Å². The first kappa shape index (κ1) is 94.0. The number of hydrogen-bond donors (Lipinski definition) is 16. The van der Waals surface area contributed by atoms with Gasteiger partial charge in [-0.05, 0) is 69.6 Å². The van der Waals surface area contributed by atoms with E-state index in [1.165, 1.54) is 46.3 Å². The van der Waals surface area contributed by atoms with Crippen molar-refractivity contribution in [2.45, 2.75) is 169 Å². The first-order valence-electron chi connectivity index (χ1n) is 33.9. The fraction of sp³-hybridized carbons (Fsp3) is 0.600. The van der Waals surface area contributed by atoms with Crippen LogP contribution < -0.4 is 45.4 Å². The number of aliphatic hydroxyl groups excluding tert-OH is 2. The molecule has 6 aromatic rings. The maximum absolute atomic E-state index is 13.7. The van der Waals surface area contributed by atoms with Crippen molar-refractivity contribution >= 4 is 101 Å². The molecular formula is C55H78F3N24O32P4+. The summed E-state index contributed by atoms with van der Waals surface area (Å²) in [6.07, 6.45) is -19.8. The van der Waals surface area contributed by atoms with Gasteiger partial charge in [-0.3, -0.25) is 41.2 Å². The monoisotopic (exact) mass is 1770 g/mol. The molecule has 17 atom stereocenters. The highest BCUT2D eigenvalue weighted by molar-refractivity contribution is 7.54. The van der Waals surface area contributed by atoms with Gasteiger partial charge in [0.1, 0.15) is 121 Å². The quantitative estimate of drug-likeness (QED) is 0.00457. The summed E-state index contributed by atoms with van der Waals surface area (Å²) in [7, 11) is -20.3. The van der Waals surface area contributed by atoms with Gasteiger partial charge in [0.05, 0.1) is 32.5 Å². The van der Waals surface area contributed by atoms with Crippen LogP contribution in [-0.4, -0.2) is 256 Å². The Labute approximate surface area is 657 Å². The highest BCUT2D eigenvalue weighted by Crippen LogP contribution is 2.57. The van der Waals surface area contributed by atoms with Crippen molar-refractivity contribution in [3.8, 4) is 0 Å². The van der Waals surface area contributed by atoms with E-state index in [2.05, 4.69) is 74.3 Å². The summed E-state index contributed by atoms with van der Waals surface area (Å²) in [6.45, 7) is 1.41. The summed E-state index contributed by atoms with van der Waals surface area (Å²) in [4.78, 5) is 180. The van der Waals surface area contributed by atoms with E-state index in [0.717, 1.165) is 21.8 Å². The number of azide groups is 2. The largest absolute Gasteiger partial charge is 0.570 e. The minimum Gasteiger partial charge on any atom is -0.475 e. The fourth-order valence-electron chi connectivity index (χ4n) is 11.3. The second-order valence-electron chi connectivity index (χ2n) is 26.1. The number of nitrogen functional groups attached to an aromatic ring is 4. The summed E-state index contributed by atoms with van der Waals surface area (Å²) < 4.78 is 143.